The van der Waals surface area contributed by atoms with E-state index in [0.29, 0.717) is 5.56 Å². The van der Waals surface area contributed by atoms with Crippen molar-refractivity contribution in [3.63, 3.8) is 0 Å². The van der Waals surface area contributed by atoms with E-state index in [0.717, 1.165) is 0 Å². The number of benzene rings is 1. The molecule has 1 N–H and O–H groups in total. The van der Waals surface area contributed by atoms with Crippen molar-refractivity contribution >= 4 is 29.2 Å². The molecule has 0 bridgehead atoms. The van der Waals surface area contributed by atoms with Crippen LogP contribution in [-0.2, 0) is 4.74 Å². The molecule has 0 saturated carbocycles. The van der Waals surface area contributed by atoms with Crippen LogP contribution in [0.2, 0.25) is 5.15 Å². The topological polar surface area (TPSA) is 68.3 Å². The fourth-order valence-corrected chi connectivity index (χ4v) is 2.03. The van der Waals surface area contributed by atoms with Gasteiger partial charge in [-0.05, 0) is 26.8 Å². The Morgan fingerprint density at radius 1 is 1.17 bits per heavy atom. The first kappa shape index (κ1) is 17.0. The minimum Gasteiger partial charge on any atom is -0.444 e. The number of amides is 1. The average Bonchev–Trinajstić information content (AvgIpc) is 2.47. The monoisotopic (exact) mass is 332 g/mol. The first-order chi connectivity index (χ1) is 10.8. The second-order valence-electron chi connectivity index (χ2n) is 5.87. The number of aromatic nitrogens is 1. The van der Waals surface area contributed by atoms with E-state index >= 15 is 0 Å². The van der Waals surface area contributed by atoms with Crippen LogP contribution in [0.5, 0.6) is 0 Å². The second-order valence-corrected chi connectivity index (χ2v) is 6.26. The van der Waals surface area contributed by atoms with Crippen LogP contribution in [0.4, 0.5) is 10.5 Å². The smallest absolute Gasteiger partial charge is 0.412 e. The van der Waals surface area contributed by atoms with Crippen molar-refractivity contribution in [3.05, 3.63) is 58.9 Å². The van der Waals surface area contributed by atoms with Crippen LogP contribution in [0.1, 0.15) is 36.7 Å². The molecule has 0 fully saturated rings. The summed E-state index contributed by atoms with van der Waals surface area (Å²) in [6.45, 7) is 5.26. The second kappa shape index (κ2) is 6.79. The number of carbonyl (C=O) groups excluding carboxylic acids is 2. The highest BCUT2D eigenvalue weighted by molar-refractivity contribution is 6.30. The van der Waals surface area contributed by atoms with E-state index in [1.165, 1.54) is 12.3 Å². The number of nitrogens with zero attached hydrogens (tertiary/aromatic N) is 1. The van der Waals surface area contributed by atoms with E-state index < -0.39 is 11.7 Å². The van der Waals surface area contributed by atoms with Gasteiger partial charge >= 0.3 is 6.09 Å². The molecule has 120 valence electrons. The van der Waals surface area contributed by atoms with Gasteiger partial charge in [-0.3, -0.25) is 10.1 Å². The third-order valence-electron chi connectivity index (χ3n) is 2.79. The zero-order chi connectivity index (χ0) is 17.0. The summed E-state index contributed by atoms with van der Waals surface area (Å²) in [5, 5.41) is 2.71. The number of hydrogen-bond donors (Lipinski definition) is 1. The number of ether oxygens (including phenoxy) is 1. The van der Waals surface area contributed by atoms with Crippen molar-refractivity contribution in [2.45, 2.75) is 26.4 Å². The Kier molecular flexibility index (Phi) is 5.01. The Balaban J connectivity index is 2.31. The van der Waals surface area contributed by atoms with Crippen molar-refractivity contribution in [3.8, 4) is 0 Å². The summed E-state index contributed by atoms with van der Waals surface area (Å²) in [4.78, 5) is 28.4. The van der Waals surface area contributed by atoms with Gasteiger partial charge in [0.2, 0.25) is 0 Å². The zero-order valence-electron chi connectivity index (χ0n) is 13.1. The maximum Gasteiger partial charge on any atom is 0.412 e. The van der Waals surface area contributed by atoms with Gasteiger partial charge in [-0.15, -0.1) is 0 Å². The lowest BCUT2D eigenvalue weighted by Crippen LogP contribution is -2.27. The lowest BCUT2D eigenvalue weighted by atomic mass is 10.0. The number of nitrogens with one attached hydrogen (secondary N) is 1. The Morgan fingerprint density at radius 2 is 1.83 bits per heavy atom. The number of ketones is 1. The molecule has 0 unspecified atom stereocenters. The summed E-state index contributed by atoms with van der Waals surface area (Å²) in [6.07, 6.45) is 0.673. The van der Waals surface area contributed by atoms with Gasteiger partial charge in [0.25, 0.3) is 0 Å². The molecule has 23 heavy (non-hydrogen) atoms. The van der Waals surface area contributed by atoms with E-state index in [2.05, 4.69) is 10.3 Å². The Morgan fingerprint density at radius 3 is 2.43 bits per heavy atom. The zero-order valence-corrected chi connectivity index (χ0v) is 13.8. The van der Waals surface area contributed by atoms with Gasteiger partial charge in [0, 0.05) is 5.56 Å². The van der Waals surface area contributed by atoms with Crippen molar-refractivity contribution in [2.24, 2.45) is 0 Å². The highest BCUT2D eigenvalue weighted by Gasteiger charge is 2.20. The third-order valence-corrected chi connectivity index (χ3v) is 2.99. The van der Waals surface area contributed by atoms with Crippen LogP contribution in [-0.4, -0.2) is 22.5 Å². The molecule has 1 amide bonds. The first-order valence-corrected chi connectivity index (χ1v) is 7.39. The van der Waals surface area contributed by atoms with E-state index in [-0.39, 0.29) is 22.2 Å². The molecule has 0 aliphatic carbocycles. The normalized spacial score (nSPS) is 11.0. The molecule has 2 rings (SSSR count). The molecule has 0 spiro atoms. The maximum atomic E-state index is 12.6. The van der Waals surface area contributed by atoms with Crippen molar-refractivity contribution in [1.82, 2.24) is 4.98 Å². The fourth-order valence-electron chi connectivity index (χ4n) is 1.88. The van der Waals surface area contributed by atoms with Gasteiger partial charge in [0.15, 0.2) is 5.78 Å². The molecule has 0 atom stereocenters. The number of carbonyl (C=O) groups is 2. The van der Waals surface area contributed by atoms with Gasteiger partial charge in [0.1, 0.15) is 10.8 Å². The van der Waals surface area contributed by atoms with Crippen molar-refractivity contribution in [1.29, 1.82) is 0 Å². The third kappa shape index (κ3) is 4.79. The molecule has 1 aromatic carbocycles. The molecule has 2 aromatic rings. The number of halogens is 1. The van der Waals surface area contributed by atoms with Gasteiger partial charge < -0.3 is 4.74 Å². The summed E-state index contributed by atoms with van der Waals surface area (Å²) in [5.74, 6) is -0.263. The largest absolute Gasteiger partial charge is 0.444 e. The average molecular weight is 333 g/mol. The number of hydrogen-bond acceptors (Lipinski definition) is 4. The molecular weight excluding hydrogens is 316 g/mol. The summed E-state index contributed by atoms with van der Waals surface area (Å²) >= 11 is 5.88. The number of pyridine rings is 1. The van der Waals surface area contributed by atoms with Crippen LogP contribution in [0.25, 0.3) is 0 Å². The maximum absolute atomic E-state index is 12.6. The van der Waals surface area contributed by atoms with Crippen LogP contribution in [0, 0.1) is 0 Å². The molecule has 5 nitrogen and oxygen atoms in total. The van der Waals surface area contributed by atoms with Crippen LogP contribution >= 0.6 is 11.6 Å². The van der Waals surface area contributed by atoms with Crippen LogP contribution < -0.4 is 5.32 Å². The lowest BCUT2D eigenvalue weighted by Gasteiger charge is -2.20. The van der Waals surface area contributed by atoms with Gasteiger partial charge in [-0.25, -0.2) is 9.78 Å². The molecule has 0 aliphatic rings. The van der Waals surface area contributed by atoms with Crippen molar-refractivity contribution < 1.29 is 14.3 Å². The minimum atomic E-state index is -0.663. The Labute approximate surface area is 139 Å². The lowest BCUT2D eigenvalue weighted by molar-refractivity contribution is 0.0636. The summed E-state index contributed by atoms with van der Waals surface area (Å²) in [7, 11) is 0. The summed E-state index contributed by atoms with van der Waals surface area (Å²) < 4.78 is 5.19. The summed E-state index contributed by atoms with van der Waals surface area (Å²) in [5.41, 5.74) is 0.342. The SMILES string of the molecule is CC(C)(C)OC(=O)Nc1cnc(Cl)cc1C(=O)c1ccccc1. The number of anilines is 1. The van der Waals surface area contributed by atoms with E-state index in [1.807, 2.05) is 6.07 Å². The molecule has 0 saturated heterocycles. The Bertz CT molecular complexity index is 724. The predicted octanol–water partition coefficient (Wildman–Crippen LogP) is 4.31. The van der Waals surface area contributed by atoms with E-state index in [9.17, 15) is 9.59 Å². The highest BCUT2D eigenvalue weighted by Crippen LogP contribution is 2.22. The summed E-state index contributed by atoms with van der Waals surface area (Å²) in [6, 6.07) is 10.1. The standard InChI is InChI=1S/C17H17ClN2O3/c1-17(2,3)23-16(22)20-13-10-19-14(18)9-12(13)15(21)11-7-5-4-6-8-11/h4-10H,1-3H3,(H,20,22). The number of rotatable bonds is 3. The quantitative estimate of drug-likeness (QED) is 0.671. The van der Waals surface area contributed by atoms with Gasteiger partial charge in [-0.2, -0.15) is 0 Å². The molecule has 1 heterocycles. The van der Waals surface area contributed by atoms with Crippen LogP contribution in [0.15, 0.2) is 42.6 Å². The molecule has 0 radical (unpaired) electrons. The molecular formula is C17H17ClN2O3. The molecule has 6 heteroatoms. The minimum absolute atomic E-state index is 0.166. The van der Waals surface area contributed by atoms with E-state index in [1.54, 1.807) is 45.0 Å². The molecule has 0 aliphatic heterocycles. The molecule has 1 aromatic heterocycles. The predicted molar refractivity (Wildman–Crippen MR) is 89.0 cm³/mol. The van der Waals surface area contributed by atoms with Crippen molar-refractivity contribution in [2.75, 3.05) is 5.32 Å². The fraction of sp³-hybridized carbons (Fsp3) is 0.235. The van der Waals surface area contributed by atoms with Gasteiger partial charge in [-0.1, -0.05) is 41.9 Å². The Hall–Kier alpha value is -2.40. The van der Waals surface area contributed by atoms with Crippen LogP contribution in [0.3, 0.4) is 0 Å². The highest BCUT2D eigenvalue weighted by atomic mass is 35.5. The van der Waals surface area contributed by atoms with Gasteiger partial charge in [0.05, 0.1) is 17.4 Å². The van der Waals surface area contributed by atoms with E-state index in [4.69, 9.17) is 16.3 Å². The first-order valence-electron chi connectivity index (χ1n) is 7.01.